The van der Waals surface area contributed by atoms with Crippen molar-refractivity contribution in [1.29, 1.82) is 0 Å². The molecule has 0 aliphatic heterocycles. The zero-order chi connectivity index (χ0) is 14.0. The molecule has 0 spiro atoms. The summed E-state index contributed by atoms with van der Waals surface area (Å²) >= 11 is 3.39. The fourth-order valence-electron chi connectivity index (χ4n) is 2.84. The van der Waals surface area contributed by atoms with Gasteiger partial charge in [-0.05, 0) is 38.0 Å². The van der Waals surface area contributed by atoms with Crippen molar-refractivity contribution in [3.05, 3.63) is 28.2 Å². The molecule has 0 bridgehead atoms. The minimum Gasteiger partial charge on any atom is -0.388 e. The summed E-state index contributed by atoms with van der Waals surface area (Å²) in [5.41, 5.74) is 0.977. The maximum absolute atomic E-state index is 11.7. The molecular weight excluding hydrogens is 306 g/mol. The lowest BCUT2D eigenvalue weighted by Gasteiger charge is -2.31. The Balaban J connectivity index is 2.23. The minimum atomic E-state index is -0.601. The van der Waals surface area contributed by atoms with Crippen molar-refractivity contribution in [2.24, 2.45) is 0 Å². The summed E-state index contributed by atoms with van der Waals surface area (Å²) in [5, 5.41) is 10.5. The van der Waals surface area contributed by atoms with Crippen LogP contribution in [0.25, 0.3) is 0 Å². The normalized spacial score (nSPS) is 17.5. The molecule has 1 aliphatic rings. The highest BCUT2D eigenvalue weighted by atomic mass is 79.9. The van der Waals surface area contributed by atoms with Gasteiger partial charge in [0.05, 0.1) is 5.60 Å². The summed E-state index contributed by atoms with van der Waals surface area (Å²) in [6.07, 6.45) is 3.88. The van der Waals surface area contributed by atoms with Gasteiger partial charge in [-0.15, -0.1) is 0 Å². The molecule has 1 N–H and O–H groups in total. The highest BCUT2D eigenvalue weighted by Gasteiger charge is 2.32. The maximum atomic E-state index is 11.7. The van der Waals surface area contributed by atoms with Crippen molar-refractivity contribution in [1.82, 2.24) is 0 Å². The number of benzene rings is 1. The summed E-state index contributed by atoms with van der Waals surface area (Å²) in [5.74, 6) is 0.0431. The van der Waals surface area contributed by atoms with Crippen LogP contribution in [0.15, 0.2) is 22.7 Å². The maximum Gasteiger partial charge on any atom is 0.161 e. The summed E-state index contributed by atoms with van der Waals surface area (Å²) < 4.78 is 0.898. The number of carbonyl (C=O) groups is 1. The number of carbonyl (C=O) groups excluding carboxylic acids is 1. The van der Waals surface area contributed by atoms with Crippen molar-refractivity contribution in [3.8, 4) is 0 Å². The fraction of sp³-hybridized carbons (Fsp3) is 0.533. The molecule has 0 amide bonds. The molecule has 0 atom stereocenters. The van der Waals surface area contributed by atoms with Crippen LogP contribution in [0, 0.1) is 0 Å². The topological polar surface area (TPSA) is 40.5 Å². The average molecular weight is 326 g/mol. The second-order valence-electron chi connectivity index (χ2n) is 5.51. The van der Waals surface area contributed by atoms with E-state index in [2.05, 4.69) is 15.9 Å². The Kier molecular flexibility index (Phi) is 4.31. The number of rotatable bonds is 4. The molecule has 0 radical (unpaired) electrons. The number of likely N-dealkylation sites (N-methyl/N-ethyl adjacent to an activating group) is 1. The Morgan fingerprint density at radius 3 is 2.63 bits per heavy atom. The molecule has 4 heteroatoms. The van der Waals surface area contributed by atoms with Crippen LogP contribution in [0.1, 0.15) is 43.0 Å². The van der Waals surface area contributed by atoms with Crippen LogP contribution >= 0.6 is 15.9 Å². The highest BCUT2D eigenvalue weighted by Crippen LogP contribution is 2.32. The SMILES string of the molecule is CC(=O)c1cc(Br)ccc1N(C)CC1(O)CCCC1. The molecule has 19 heavy (non-hydrogen) atoms. The monoisotopic (exact) mass is 325 g/mol. The van der Waals surface area contributed by atoms with E-state index in [0.29, 0.717) is 12.1 Å². The van der Waals surface area contributed by atoms with Crippen LogP contribution in [-0.2, 0) is 0 Å². The van der Waals surface area contributed by atoms with Gasteiger partial charge in [0.15, 0.2) is 5.78 Å². The van der Waals surface area contributed by atoms with E-state index in [1.807, 2.05) is 30.1 Å². The van der Waals surface area contributed by atoms with Crippen LogP contribution in [0.3, 0.4) is 0 Å². The number of nitrogens with zero attached hydrogens (tertiary/aromatic N) is 1. The summed E-state index contributed by atoms with van der Waals surface area (Å²) in [4.78, 5) is 13.7. The van der Waals surface area contributed by atoms with Crippen molar-refractivity contribution in [3.63, 3.8) is 0 Å². The van der Waals surface area contributed by atoms with E-state index in [9.17, 15) is 9.90 Å². The molecule has 0 heterocycles. The fourth-order valence-corrected chi connectivity index (χ4v) is 3.20. The van der Waals surface area contributed by atoms with Crippen molar-refractivity contribution < 1.29 is 9.90 Å². The number of hydrogen-bond acceptors (Lipinski definition) is 3. The lowest BCUT2D eigenvalue weighted by Crippen LogP contribution is -2.39. The third-order valence-corrected chi connectivity index (χ3v) is 4.31. The van der Waals surface area contributed by atoms with Crippen LogP contribution in [0.5, 0.6) is 0 Å². The first-order chi connectivity index (χ1) is 8.91. The molecule has 1 fully saturated rings. The van der Waals surface area contributed by atoms with E-state index in [-0.39, 0.29) is 5.78 Å². The predicted octanol–water partition coefficient (Wildman–Crippen LogP) is 3.39. The van der Waals surface area contributed by atoms with E-state index in [4.69, 9.17) is 0 Å². The molecular formula is C15H20BrNO2. The lowest BCUT2D eigenvalue weighted by molar-refractivity contribution is 0.0558. The first-order valence-corrected chi connectivity index (χ1v) is 7.45. The van der Waals surface area contributed by atoms with E-state index < -0.39 is 5.60 Å². The van der Waals surface area contributed by atoms with Crippen LogP contribution in [0.2, 0.25) is 0 Å². The number of ketones is 1. The molecule has 1 saturated carbocycles. The Bertz CT molecular complexity index is 481. The molecule has 1 aliphatic carbocycles. The predicted molar refractivity (Wildman–Crippen MR) is 80.8 cm³/mol. The lowest BCUT2D eigenvalue weighted by atomic mass is 10.0. The van der Waals surface area contributed by atoms with Gasteiger partial charge in [-0.1, -0.05) is 28.8 Å². The Morgan fingerprint density at radius 1 is 1.42 bits per heavy atom. The van der Waals surface area contributed by atoms with Crippen LogP contribution in [0.4, 0.5) is 5.69 Å². The molecule has 0 aromatic heterocycles. The van der Waals surface area contributed by atoms with Crippen molar-refractivity contribution in [2.45, 2.75) is 38.2 Å². The van der Waals surface area contributed by atoms with Gasteiger partial charge in [0, 0.05) is 29.3 Å². The van der Waals surface area contributed by atoms with Crippen LogP contribution in [-0.4, -0.2) is 30.1 Å². The van der Waals surface area contributed by atoms with Gasteiger partial charge >= 0.3 is 0 Å². The van der Waals surface area contributed by atoms with Gasteiger partial charge in [0.1, 0.15) is 0 Å². The molecule has 1 aromatic carbocycles. The number of aliphatic hydroxyl groups is 1. The number of halogens is 1. The molecule has 2 rings (SSSR count). The van der Waals surface area contributed by atoms with Crippen molar-refractivity contribution in [2.75, 3.05) is 18.5 Å². The van der Waals surface area contributed by atoms with Crippen LogP contribution < -0.4 is 4.90 Å². The third-order valence-electron chi connectivity index (χ3n) is 3.81. The number of anilines is 1. The second kappa shape index (κ2) is 5.63. The van der Waals surface area contributed by atoms with E-state index in [1.54, 1.807) is 6.92 Å². The average Bonchev–Trinajstić information content (AvgIpc) is 2.75. The zero-order valence-electron chi connectivity index (χ0n) is 11.4. The molecule has 0 unspecified atom stereocenters. The number of hydrogen-bond donors (Lipinski definition) is 1. The van der Waals surface area contributed by atoms with Gasteiger partial charge in [-0.2, -0.15) is 0 Å². The van der Waals surface area contributed by atoms with Gasteiger partial charge in [-0.3, -0.25) is 4.79 Å². The quantitative estimate of drug-likeness (QED) is 0.862. The zero-order valence-corrected chi connectivity index (χ0v) is 13.0. The van der Waals surface area contributed by atoms with Gasteiger partial charge in [0.25, 0.3) is 0 Å². The Morgan fingerprint density at radius 2 is 2.05 bits per heavy atom. The highest BCUT2D eigenvalue weighted by molar-refractivity contribution is 9.10. The smallest absolute Gasteiger partial charge is 0.161 e. The molecule has 1 aromatic rings. The summed E-state index contributed by atoms with van der Waals surface area (Å²) in [6.45, 7) is 2.15. The molecule has 104 valence electrons. The van der Waals surface area contributed by atoms with Gasteiger partial charge in [0.2, 0.25) is 0 Å². The first-order valence-electron chi connectivity index (χ1n) is 6.65. The first kappa shape index (κ1) is 14.5. The summed E-state index contributed by atoms with van der Waals surface area (Å²) in [7, 11) is 1.94. The van der Waals surface area contributed by atoms with Crippen molar-refractivity contribution >= 4 is 27.4 Å². The molecule has 3 nitrogen and oxygen atoms in total. The van der Waals surface area contributed by atoms with E-state index in [1.165, 1.54) is 0 Å². The van der Waals surface area contributed by atoms with Gasteiger partial charge < -0.3 is 10.0 Å². The summed E-state index contributed by atoms with van der Waals surface area (Å²) in [6, 6.07) is 5.70. The number of Topliss-reactive ketones (excluding diaryl/α,β-unsaturated/α-hetero) is 1. The largest absolute Gasteiger partial charge is 0.388 e. The Hall–Kier alpha value is -0.870. The molecule has 0 saturated heterocycles. The van der Waals surface area contributed by atoms with E-state index >= 15 is 0 Å². The Labute approximate surface area is 122 Å². The third kappa shape index (κ3) is 3.37. The van der Waals surface area contributed by atoms with E-state index in [0.717, 1.165) is 35.8 Å². The van der Waals surface area contributed by atoms with Gasteiger partial charge in [-0.25, -0.2) is 0 Å². The second-order valence-corrected chi connectivity index (χ2v) is 6.42. The minimum absolute atomic E-state index is 0.0431. The standard InChI is InChI=1S/C15H20BrNO2/c1-11(18)13-9-12(16)5-6-14(13)17(2)10-15(19)7-3-4-8-15/h5-6,9,19H,3-4,7-8,10H2,1-2H3.